The van der Waals surface area contributed by atoms with Crippen LogP contribution in [0.1, 0.15) is 12.0 Å². The second-order valence-corrected chi connectivity index (χ2v) is 3.40. The molecule has 0 amide bonds. The minimum Gasteiger partial charge on any atom is -0.330 e. The molecule has 0 atom stereocenters. The fourth-order valence-electron chi connectivity index (χ4n) is 1.03. The molecule has 66 valence electrons. The first-order valence-electron chi connectivity index (χ1n) is 3.88. The molecular formula is C9H11BrFN. The van der Waals surface area contributed by atoms with Crippen LogP contribution >= 0.6 is 15.9 Å². The van der Waals surface area contributed by atoms with E-state index in [0.717, 1.165) is 18.4 Å². The van der Waals surface area contributed by atoms with E-state index in [1.807, 2.05) is 6.07 Å². The predicted octanol–water partition coefficient (Wildman–Crippen LogP) is 2.48. The molecule has 1 aromatic carbocycles. The van der Waals surface area contributed by atoms with Crippen molar-refractivity contribution in [1.29, 1.82) is 0 Å². The maximum Gasteiger partial charge on any atom is 0.137 e. The number of hydrogen-bond donors (Lipinski definition) is 1. The third-order valence-corrected chi connectivity index (χ3v) is 2.57. The molecule has 3 heteroatoms. The molecular weight excluding hydrogens is 221 g/mol. The molecule has 0 fully saturated rings. The number of nitrogens with two attached hydrogens (primary N) is 1. The molecule has 12 heavy (non-hydrogen) atoms. The average Bonchev–Trinajstić information content (AvgIpc) is 2.08. The number of benzene rings is 1. The minimum atomic E-state index is -0.204. The molecule has 0 radical (unpaired) electrons. The SMILES string of the molecule is NCCCc1cccc(F)c1Br. The number of halogens is 2. The van der Waals surface area contributed by atoms with Crippen molar-refractivity contribution in [2.45, 2.75) is 12.8 Å². The van der Waals surface area contributed by atoms with Crippen LogP contribution in [0, 0.1) is 5.82 Å². The Morgan fingerprint density at radius 3 is 2.83 bits per heavy atom. The van der Waals surface area contributed by atoms with E-state index in [9.17, 15) is 4.39 Å². The molecule has 1 aromatic rings. The van der Waals surface area contributed by atoms with E-state index in [1.165, 1.54) is 6.07 Å². The zero-order valence-corrected chi connectivity index (χ0v) is 8.27. The lowest BCUT2D eigenvalue weighted by atomic mass is 10.1. The molecule has 0 aliphatic heterocycles. The standard InChI is InChI=1S/C9H11BrFN/c10-9-7(4-2-6-12)3-1-5-8(9)11/h1,3,5H,2,4,6,12H2. The van der Waals surface area contributed by atoms with Gasteiger partial charge in [0, 0.05) is 0 Å². The van der Waals surface area contributed by atoms with Crippen LogP contribution in [-0.4, -0.2) is 6.54 Å². The molecule has 0 heterocycles. The molecule has 0 saturated heterocycles. The Morgan fingerprint density at radius 1 is 1.42 bits per heavy atom. The fraction of sp³-hybridized carbons (Fsp3) is 0.333. The third kappa shape index (κ3) is 2.29. The van der Waals surface area contributed by atoms with Gasteiger partial charge in [-0.25, -0.2) is 4.39 Å². The van der Waals surface area contributed by atoms with Crippen molar-refractivity contribution in [1.82, 2.24) is 0 Å². The van der Waals surface area contributed by atoms with Gasteiger partial charge in [0.25, 0.3) is 0 Å². The van der Waals surface area contributed by atoms with Gasteiger partial charge in [0.1, 0.15) is 5.82 Å². The van der Waals surface area contributed by atoms with Gasteiger partial charge in [0.05, 0.1) is 4.47 Å². The van der Waals surface area contributed by atoms with E-state index in [2.05, 4.69) is 15.9 Å². The normalized spacial score (nSPS) is 10.2. The van der Waals surface area contributed by atoms with Gasteiger partial charge in [-0.1, -0.05) is 12.1 Å². The van der Waals surface area contributed by atoms with Crippen LogP contribution in [0.2, 0.25) is 0 Å². The zero-order valence-electron chi connectivity index (χ0n) is 6.69. The zero-order chi connectivity index (χ0) is 8.97. The third-order valence-electron chi connectivity index (χ3n) is 1.68. The van der Waals surface area contributed by atoms with Crippen LogP contribution in [0.15, 0.2) is 22.7 Å². The van der Waals surface area contributed by atoms with Gasteiger partial charge in [-0.15, -0.1) is 0 Å². The molecule has 1 rings (SSSR count). The topological polar surface area (TPSA) is 26.0 Å². The summed E-state index contributed by atoms with van der Waals surface area (Å²) in [6, 6.07) is 5.06. The first kappa shape index (κ1) is 9.68. The monoisotopic (exact) mass is 231 g/mol. The van der Waals surface area contributed by atoms with Crippen molar-refractivity contribution in [2.24, 2.45) is 5.73 Å². The Kier molecular flexibility index (Phi) is 3.69. The molecule has 2 N–H and O–H groups in total. The maximum absolute atomic E-state index is 12.9. The lowest BCUT2D eigenvalue weighted by molar-refractivity contribution is 0.617. The second kappa shape index (κ2) is 4.58. The summed E-state index contributed by atoms with van der Waals surface area (Å²) in [6.07, 6.45) is 1.72. The van der Waals surface area contributed by atoms with Gasteiger partial charge in [0.2, 0.25) is 0 Å². The highest BCUT2D eigenvalue weighted by Gasteiger charge is 2.03. The van der Waals surface area contributed by atoms with Gasteiger partial charge in [-0.3, -0.25) is 0 Å². The molecule has 1 nitrogen and oxygen atoms in total. The highest BCUT2D eigenvalue weighted by Crippen LogP contribution is 2.21. The van der Waals surface area contributed by atoms with Crippen molar-refractivity contribution >= 4 is 15.9 Å². The molecule has 0 saturated carbocycles. The van der Waals surface area contributed by atoms with Crippen LogP contribution in [0.4, 0.5) is 4.39 Å². The summed E-state index contributed by atoms with van der Waals surface area (Å²) >= 11 is 3.19. The summed E-state index contributed by atoms with van der Waals surface area (Å²) in [5.41, 5.74) is 6.34. The van der Waals surface area contributed by atoms with Crippen LogP contribution in [0.25, 0.3) is 0 Å². The van der Waals surface area contributed by atoms with Gasteiger partial charge in [-0.05, 0) is 46.9 Å². The van der Waals surface area contributed by atoms with Crippen molar-refractivity contribution in [3.8, 4) is 0 Å². The van der Waals surface area contributed by atoms with Gasteiger partial charge < -0.3 is 5.73 Å². The van der Waals surface area contributed by atoms with Gasteiger partial charge in [-0.2, -0.15) is 0 Å². The first-order chi connectivity index (χ1) is 5.75. The largest absolute Gasteiger partial charge is 0.330 e. The summed E-state index contributed by atoms with van der Waals surface area (Å²) in [7, 11) is 0. The van der Waals surface area contributed by atoms with Gasteiger partial charge >= 0.3 is 0 Å². The maximum atomic E-state index is 12.9. The summed E-state index contributed by atoms with van der Waals surface area (Å²) in [5, 5.41) is 0. The highest BCUT2D eigenvalue weighted by atomic mass is 79.9. The van der Waals surface area contributed by atoms with Crippen molar-refractivity contribution in [3.05, 3.63) is 34.1 Å². The minimum absolute atomic E-state index is 0.204. The van der Waals surface area contributed by atoms with Crippen molar-refractivity contribution in [3.63, 3.8) is 0 Å². The smallest absolute Gasteiger partial charge is 0.137 e. The van der Waals surface area contributed by atoms with Crippen molar-refractivity contribution < 1.29 is 4.39 Å². The fourth-order valence-corrected chi connectivity index (χ4v) is 1.50. The van der Waals surface area contributed by atoms with Gasteiger partial charge in [0.15, 0.2) is 0 Å². The molecule has 0 spiro atoms. The van der Waals surface area contributed by atoms with Crippen LogP contribution < -0.4 is 5.73 Å². The summed E-state index contributed by atoms with van der Waals surface area (Å²) in [4.78, 5) is 0. The number of rotatable bonds is 3. The summed E-state index contributed by atoms with van der Waals surface area (Å²) in [5.74, 6) is -0.204. The number of hydrogen-bond acceptors (Lipinski definition) is 1. The van der Waals surface area contributed by atoms with Crippen LogP contribution in [-0.2, 0) is 6.42 Å². The Bertz CT molecular complexity index is 263. The van der Waals surface area contributed by atoms with E-state index >= 15 is 0 Å². The highest BCUT2D eigenvalue weighted by molar-refractivity contribution is 9.10. The lowest BCUT2D eigenvalue weighted by Gasteiger charge is -2.03. The molecule has 0 aromatic heterocycles. The Hall–Kier alpha value is -0.410. The van der Waals surface area contributed by atoms with Crippen LogP contribution in [0.5, 0.6) is 0 Å². The van der Waals surface area contributed by atoms with E-state index in [0.29, 0.717) is 11.0 Å². The number of aryl methyl sites for hydroxylation is 1. The molecule has 0 aliphatic carbocycles. The predicted molar refractivity (Wildman–Crippen MR) is 51.5 cm³/mol. The van der Waals surface area contributed by atoms with E-state index < -0.39 is 0 Å². The summed E-state index contributed by atoms with van der Waals surface area (Å²) in [6.45, 7) is 0.642. The van der Waals surface area contributed by atoms with E-state index in [-0.39, 0.29) is 5.82 Å². The van der Waals surface area contributed by atoms with Crippen molar-refractivity contribution in [2.75, 3.05) is 6.54 Å². The van der Waals surface area contributed by atoms with E-state index in [4.69, 9.17) is 5.73 Å². The Labute approximate surface area is 79.9 Å². The molecule has 0 unspecified atom stereocenters. The Balaban J connectivity index is 2.78. The molecule has 0 bridgehead atoms. The Morgan fingerprint density at radius 2 is 2.17 bits per heavy atom. The second-order valence-electron chi connectivity index (χ2n) is 2.61. The van der Waals surface area contributed by atoms with Crippen LogP contribution in [0.3, 0.4) is 0 Å². The summed E-state index contributed by atoms with van der Waals surface area (Å²) < 4.78 is 13.5. The average molecular weight is 232 g/mol. The van der Waals surface area contributed by atoms with E-state index in [1.54, 1.807) is 6.07 Å². The first-order valence-corrected chi connectivity index (χ1v) is 4.68. The molecule has 0 aliphatic rings. The quantitative estimate of drug-likeness (QED) is 0.851. The lowest BCUT2D eigenvalue weighted by Crippen LogP contribution is -2.01.